The van der Waals surface area contributed by atoms with Crippen molar-refractivity contribution in [3.05, 3.63) is 52.8 Å². The van der Waals surface area contributed by atoms with Gasteiger partial charge in [-0.1, -0.05) is 11.6 Å². The second-order valence-electron chi connectivity index (χ2n) is 6.78. The van der Waals surface area contributed by atoms with E-state index >= 15 is 0 Å². The third-order valence-corrected chi connectivity index (χ3v) is 4.82. The number of likely N-dealkylation sites (N-methyl/N-ethyl adjacent to an activating group) is 1. The molecule has 1 aliphatic heterocycles. The van der Waals surface area contributed by atoms with E-state index in [4.69, 9.17) is 11.6 Å². The first-order valence-corrected chi connectivity index (χ1v) is 9.33. The van der Waals surface area contributed by atoms with Crippen LogP contribution in [0.4, 0.5) is 21.5 Å². The van der Waals surface area contributed by atoms with Gasteiger partial charge in [-0.25, -0.2) is 4.39 Å². The summed E-state index contributed by atoms with van der Waals surface area (Å²) in [6.07, 6.45) is 0. The Kier molecular flexibility index (Phi) is 6.16. The van der Waals surface area contributed by atoms with Gasteiger partial charge in [0, 0.05) is 43.8 Å². The van der Waals surface area contributed by atoms with E-state index in [1.165, 1.54) is 19.1 Å². The van der Waals surface area contributed by atoms with Crippen molar-refractivity contribution in [3.63, 3.8) is 0 Å². The summed E-state index contributed by atoms with van der Waals surface area (Å²) in [6.45, 7) is 4.78. The predicted octanol–water partition coefficient (Wildman–Crippen LogP) is 3.44. The van der Waals surface area contributed by atoms with Gasteiger partial charge in [0.2, 0.25) is 5.91 Å². The highest BCUT2D eigenvalue weighted by Gasteiger charge is 2.20. The number of piperazine rings is 1. The SMILES string of the molecule is CC(=O)Nc1ccc(F)c(C(=O)Nc2cc(Cl)ccc2N2CCN(C)CC2)c1. The fourth-order valence-electron chi connectivity index (χ4n) is 3.10. The third-order valence-electron chi connectivity index (χ3n) is 4.58. The van der Waals surface area contributed by atoms with Crippen molar-refractivity contribution in [2.75, 3.05) is 48.8 Å². The van der Waals surface area contributed by atoms with Crippen molar-refractivity contribution in [2.45, 2.75) is 6.92 Å². The first kappa shape index (κ1) is 20.1. The van der Waals surface area contributed by atoms with E-state index in [-0.39, 0.29) is 11.5 Å². The van der Waals surface area contributed by atoms with Crippen LogP contribution in [0.15, 0.2) is 36.4 Å². The number of halogens is 2. The molecular formula is C20H22ClFN4O2. The minimum absolute atomic E-state index is 0.157. The fraction of sp³-hybridized carbons (Fsp3) is 0.300. The maximum absolute atomic E-state index is 14.2. The van der Waals surface area contributed by atoms with Gasteiger partial charge in [0.15, 0.2) is 0 Å². The summed E-state index contributed by atoms with van der Waals surface area (Å²) >= 11 is 6.12. The van der Waals surface area contributed by atoms with Gasteiger partial charge in [-0.15, -0.1) is 0 Å². The molecule has 2 N–H and O–H groups in total. The number of rotatable bonds is 4. The zero-order valence-corrected chi connectivity index (χ0v) is 16.5. The summed E-state index contributed by atoms with van der Waals surface area (Å²) in [7, 11) is 2.06. The lowest BCUT2D eigenvalue weighted by molar-refractivity contribution is -0.114. The number of carbonyl (C=O) groups is 2. The highest BCUT2D eigenvalue weighted by molar-refractivity contribution is 6.31. The molecule has 8 heteroatoms. The van der Waals surface area contributed by atoms with Crippen molar-refractivity contribution < 1.29 is 14.0 Å². The molecule has 1 fully saturated rings. The molecular weight excluding hydrogens is 383 g/mol. The van der Waals surface area contributed by atoms with Crippen molar-refractivity contribution in [3.8, 4) is 0 Å². The zero-order valence-electron chi connectivity index (χ0n) is 15.8. The second kappa shape index (κ2) is 8.58. The zero-order chi connectivity index (χ0) is 20.3. The molecule has 1 heterocycles. The topological polar surface area (TPSA) is 64.7 Å². The van der Waals surface area contributed by atoms with E-state index in [0.717, 1.165) is 37.9 Å². The van der Waals surface area contributed by atoms with Gasteiger partial charge in [0.25, 0.3) is 5.91 Å². The van der Waals surface area contributed by atoms with E-state index < -0.39 is 11.7 Å². The summed E-state index contributed by atoms with van der Waals surface area (Å²) in [5, 5.41) is 5.79. The van der Waals surface area contributed by atoms with E-state index in [0.29, 0.717) is 16.4 Å². The summed E-state index contributed by atoms with van der Waals surface area (Å²) < 4.78 is 14.2. The number of amides is 2. The number of benzene rings is 2. The van der Waals surface area contributed by atoms with Crippen molar-refractivity contribution in [1.29, 1.82) is 0 Å². The number of carbonyl (C=O) groups excluding carboxylic acids is 2. The number of anilines is 3. The number of nitrogens with one attached hydrogen (secondary N) is 2. The van der Waals surface area contributed by atoms with Crippen molar-refractivity contribution in [2.24, 2.45) is 0 Å². The molecule has 28 heavy (non-hydrogen) atoms. The Morgan fingerprint density at radius 1 is 1.04 bits per heavy atom. The lowest BCUT2D eigenvalue weighted by Crippen LogP contribution is -2.44. The first-order chi connectivity index (χ1) is 13.3. The molecule has 148 valence electrons. The van der Waals surface area contributed by atoms with Gasteiger partial charge < -0.3 is 20.4 Å². The minimum atomic E-state index is -0.672. The lowest BCUT2D eigenvalue weighted by atomic mass is 10.1. The van der Waals surface area contributed by atoms with Crippen LogP contribution >= 0.6 is 11.6 Å². The van der Waals surface area contributed by atoms with Gasteiger partial charge in [0.1, 0.15) is 5.82 Å². The van der Waals surface area contributed by atoms with E-state index in [9.17, 15) is 14.0 Å². The monoisotopic (exact) mass is 404 g/mol. The molecule has 0 unspecified atom stereocenters. The van der Waals surface area contributed by atoms with Gasteiger partial charge in [-0.05, 0) is 43.4 Å². The molecule has 2 aromatic carbocycles. The Bertz CT molecular complexity index is 898. The highest BCUT2D eigenvalue weighted by Crippen LogP contribution is 2.30. The molecule has 0 atom stereocenters. The standard InChI is InChI=1S/C20H22ClFN4O2/c1-13(27)23-15-4-5-17(22)16(12-15)20(28)24-18-11-14(21)3-6-19(18)26-9-7-25(2)8-10-26/h3-6,11-12H,7-10H2,1-2H3,(H,23,27)(H,24,28). The Hall–Kier alpha value is -2.64. The Labute approximate surface area is 168 Å². The molecule has 2 amide bonds. The Morgan fingerprint density at radius 2 is 1.75 bits per heavy atom. The van der Waals surface area contributed by atoms with Crippen LogP contribution < -0.4 is 15.5 Å². The summed E-state index contributed by atoms with van der Waals surface area (Å²) in [4.78, 5) is 28.4. The van der Waals surface area contributed by atoms with Crippen LogP contribution in [0, 0.1) is 5.82 Å². The second-order valence-corrected chi connectivity index (χ2v) is 7.22. The summed E-state index contributed by atoms with van der Waals surface area (Å²) in [5.41, 5.74) is 1.55. The molecule has 0 radical (unpaired) electrons. The quantitative estimate of drug-likeness (QED) is 0.819. The van der Waals surface area contributed by atoms with Crippen LogP contribution in [0.25, 0.3) is 0 Å². The molecule has 0 bridgehead atoms. The fourth-order valence-corrected chi connectivity index (χ4v) is 3.27. The number of hydrogen-bond acceptors (Lipinski definition) is 4. The van der Waals surface area contributed by atoms with Crippen LogP contribution in [0.3, 0.4) is 0 Å². The average Bonchev–Trinajstić information content (AvgIpc) is 2.64. The summed E-state index contributed by atoms with van der Waals surface area (Å²) in [5.74, 6) is -1.58. The van der Waals surface area contributed by atoms with Crippen LogP contribution in [0.1, 0.15) is 17.3 Å². The van der Waals surface area contributed by atoms with Crippen LogP contribution in [0.5, 0.6) is 0 Å². The largest absolute Gasteiger partial charge is 0.367 e. The van der Waals surface area contributed by atoms with E-state index in [1.807, 2.05) is 6.07 Å². The van der Waals surface area contributed by atoms with Crippen LogP contribution in [0.2, 0.25) is 5.02 Å². The molecule has 3 rings (SSSR count). The molecule has 0 aliphatic carbocycles. The lowest BCUT2D eigenvalue weighted by Gasteiger charge is -2.35. The van der Waals surface area contributed by atoms with Crippen LogP contribution in [-0.2, 0) is 4.79 Å². The first-order valence-electron chi connectivity index (χ1n) is 8.95. The third kappa shape index (κ3) is 4.79. The smallest absolute Gasteiger partial charge is 0.258 e. The Morgan fingerprint density at radius 3 is 2.43 bits per heavy atom. The summed E-state index contributed by atoms with van der Waals surface area (Å²) in [6, 6.07) is 9.15. The Balaban J connectivity index is 1.86. The molecule has 2 aromatic rings. The van der Waals surface area contributed by atoms with Gasteiger partial charge >= 0.3 is 0 Å². The molecule has 0 spiro atoms. The van der Waals surface area contributed by atoms with Crippen LogP contribution in [-0.4, -0.2) is 49.9 Å². The molecule has 1 saturated heterocycles. The molecule has 6 nitrogen and oxygen atoms in total. The normalized spacial score (nSPS) is 14.6. The average molecular weight is 405 g/mol. The molecule has 0 saturated carbocycles. The van der Waals surface area contributed by atoms with Gasteiger partial charge in [0.05, 0.1) is 16.9 Å². The predicted molar refractivity (Wildman–Crippen MR) is 110 cm³/mol. The van der Waals surface area contributed by atoms with E-state index in [2.05, 4.69) is 27.5 Å². The maximum Gasteiger partial charge on any atom is 0.258 e. The maximum atomic E-state index is 14.2. The van der Waals surface area contributed by atoms with Gasteiger partial charge in [-0.2, -0.15) is 0 Å². The minimum Gasteiger partial charge on any atom is -0.367 e. The molecule has 0 aromatic heterocycles. The van der Waals surface area contributed by atoms with Crippen molar-refractivity contribution >= 4 is 40.5 Å². The molecule has 1 aliphatic rings. The van der Waals surface area contributed by atoms with Crippen molar-refractivity contribution in [1.82, 2.24) is 4.90 Å². The van der Waals surface area contributed by atoms with Gasteiger partial charge in [-0.3, -0.25) is 9.59 Å². The number of hydrogen-bond donors (Lipinski definition) is 2. The number of nitrogens with zero attached hydrogens (tertiary/aromatic N) is 2. The van der Waals surface area contributed by atoms with E-state index in [1.54, 1.807) is 12.1 Å². The highest BCUT2D eigenvalue weighted by atomic mass is 35.5.